The lowest BCUT2D eigenvalue weighted by Gasteiger charge is -2.16. The molecule has 0 aliphatic heterocycles. The predicted molar refractivity (Wildman–Crippen MR) is 70.8 cm³/mol. The molecular formula is C13H18ClNO3. The lowest BCUT2D eigenvalue weighted by Crippen LogP contribution is -2.36. The number of carbonyl (C=O) groups excluding carboxylic acids is 1. The van der Waals surface area contributed by atoms with Gasteiger partial charge in [0, 0.05) is 17.1 Å². The zero-order valence-corrected chi connectivity index (χ0v) is 11.3. The van der Waals surface area contributed by atoms with Gasteiger partial charge in [0.1, 0.15) is 5.75 Å². The van der Waals surface area contributed by atoms with Crippen LogP contribution < -0.4 is 10.1 Å². The molecule has 0 saturated heterocycles. The Labute approximate surface area is 112 Å². The Morgan fingerprint density at radius 3 is 2.89 bits per heavy atom. The third kappa shape index (κ3) is 4.20. The van der Waals surface area contributed by atoms with E-state index in [9.17, 15) is 9.90 Å². The van der Waals surface area contributed by atoms with Crippen molar-refractivity contribution in [3.05, 3.63) is 28.8 Å². The molecule has 1 aromatic rings. The maximum Gasteiger partial charge on any atom is 0.260 e. The Morgan fingerprint density at radius 1 is 1.56 bits per heavy atom. The second kappa shape index (κ2) is 7.24. The van der Waals surface area contributed by atoms with E-state index < -0.39 is 6.10 Å². The second-order valence-corrected chi connectivity index (χ2v) is 4.40. The normalized spacial score (nSPS) is 12.0. The number of hydrogen-bond donors (Lipinski definition) is 2. The molecule has 0 bridgehead atoms. The molecule has 5 heteroatoms. The van der Waals surface area contributed by atoms with Crippen LogP contribution in [0, 0.1) is 0 Å². The second-order valence-electron chi connectivity index (χ2n) is 3.96. The Balaban J connectivity index is 2.69. The van der Waals surface area contributed by atoms with E-state index in [-0.39, 0.29) is 12.5 Å². The van der Waals surface area contributed by atoms with E-state index in [1.807, 2.05) is 6.92 Å². The summed E-state index contributed by atoms with van der Waals surface area (Å²) in [5.41, 5.74) is 0.567. The highest BCUT2D eigenvalue weighted by molar-refractivity contribution is 6.30. The molecule has 18 heavy (non-hydrogen) atoms. The summed E-state index contributed by atoms with van der Waals surface area (Å²) >= 11 is 5.82. The van der Waals surface area contributed by atoms with E-state index >= 15 is 0 Å². The van der Waals surface area contributed by atoms with Crippen molar-refractivity contribution < 1.29 is 14.6 Å². The van der Waals surface area contributed by atoms with E-state index in [1.165, 1.54) is 0 Å². The maximum absolute atomic E-state index is 11.6. The quantitative estimate of drug-likeness (QED) is 0.833. The van der Waals surface area contributed by atoms with Crippen LogP contribution in [0.3, 0.4) is 0 Å². The Bertz CT molecular complexity index is 409. The van der Waals surface area contributed by atoms with E-state index in [0.717, 1.165) is 6.42 Å². The molecular weight excluding hydrogens is 254 g/mol. The fourth-order valence-electron chi connectivity index (χ4n) is 1.42. The van der Waals surface area contributed by atoms with Crippen molar-refractivity contribution in [2.24, 2.45) is 0 Å². The first-order chi connectivity index (χ1) is 8.58. The summed E-state index contributed by atoms with van der Waals surface area (Å²) in [6.45, 7) is 4.09. The monoisotopic (exact) mass is 271 g/mol. The average molecular weight is 272 g/mol. The minimum Gasteiger partial charge on any atom is -0.481 e. The van der Waals surface area contributed by atoms with Crippen LogP contribution in [0.2, 0.25) is 5.02 Å². The largest absolute Gasteiger partial charge is 0.481 e. The van der Waals surface area contributed by atoms with Crippen LogP contribution in [0.25, 0.3) is 0 Å². The van der Waals surface area contributed by atoms with Gasteiger partial charge in [-0.25, -0.2) is 0 Å². The number of benzene rings is 1. The summed E-state index contributed by atoms with van der Waals surface area (Å²) in [4.78, 5) is 11.6. The Kier molecular flexibility index (Phi) is 5.95. The van der Waals surface area contributed by atoms with Gasteiger partial charge < -0.3 is 15.2 Å². The molecule has 0 heterocycles. The van der Waals surface area contributed by atoms with Gasteiger partial charge in [0.25, 0.3) is 5.91 Å². The third-order valence-corrected chi connectivity index (χ3v) is 2.65. The standard InChI is InChI=1S/C13H18ClNO3/c1-3-6-15-13(17)9(2)18-12-5-4-11(14)7-10(12)8-16/h4-5,7,9,16H,3,6,8H2,1-2H3,(H,15,17). The van der Waals surface area contributed by atoms with E-state index in [1.54, 1.807) is 25.1 Å². The molecule has 1 rings (SSSR count). The first-order valence-corrected chi connectivity index (χ1v) is 6.30. The van der Waals surface area contributed by atoms with Crippen molar-refractivity contribution in [3.8, 4) is 5.75 Å². The molecule has 0 saturated carbocycles. The van der Waals surface area contributed by atoms with Crippen LogP contribution in [0.15, 0.2) is 18.2 Å². The number of carbonyl (C=O) groups is 1. The number of aliphatic hydroxyl groups excluding tert-OH is 1. The maximum atomic E-state index is 11.6. The number of hydrogen-bond acceptors (Lipinski definition) is 3. The molecule has 100 valence electrons. The molecule has 0 aromatic heterocycles. The number of halogens is 1. The lowest BCUT2D eigenvalue weighted by atomic mass is 10.2. The Hall–Kier alpha value is -1.26. The smallest absolute Gasteiger partial charge is 0.260 e. The first-order valence-electron chi connectivity index (χ1n) is 5.92. The molecule has 0 aliphatic rings. The minimum absolute atomic E-state index is 0.171. The van der Waals surface area contributed by atoms with Gasteiger partial charge in [-0.15, -0.1) is 0 Å². The van der Waals surface area contributed by atoms with E-state index in [2.05, 4.69) is 5.32 Å². The van der Waals surface area contributed by atoms with E-state index in [0.29, 0.717) is 22.9 Å². The summed E-state index contributed by atoms with van der Waals surface area (Å²) in [6.07, 6.45) is 0.268. The number of ether oxygens (including phenoxy) is 1. The Morgan fingerprint density at radius 2 is 2.28 bits per heavy atom. The van der Waals surface area contributed by atoms with Gasteiger partial charge in [-0.05, 0) is 31.5 Å². The number of aliphatic hydroxyl groups is 1. The number of rotatable bonds is 6. The number of amides is 1. The number of nitrogens with one attached hydrogen (secondary N) is 1. The van der Waals surface area contributed by atoms with Crippen molar-refractivity contribution >= 4 is 17.5 Å². The fraction of sp³-hybridized carbons (Fsp3) is 0.462. The van der Waals surface area contributed by atoms with Gasteiger partial charge in [-0.3, -0.25) is 4.79 Å². The molecule has 1 atom stereocenters. The van der Waals surface area contributed by atoms with Gasteiger partial charge in [-0.1, -0.05) is 18.5 Å². The van der Waals surface area contributed by atoms with Gasteiger partial charge in [0.15, 0.2) is 6.10 Å². The average Bonchev–Trinajstić information content (AvgIpc) is 2.37. The first kappa shape index (κ1) is 14.8. The molecule has 1 unspecified atom stereocenters. The van der Waals surface area contributed by atoms with Crippen LogP contribution in [-0.4, -0.2) is 23.7 Å². The van der Waals surface area contributed by atoms with E-state index in [4.69, 9.17) is 16.3 Å². The van der Waals surface area contributed by atoms with Crippen LogP contribution in [0.4, 0.5) is 0 Å². The topological polar surface area (TPSA) is 58.6 Å². The van der Waals surface area contributed by atoms with Crippen LogP contribution >= 0.6 is 11.6 Å². The molecule has 1 aromatic carbocycles. The van der Waals surface area contributed by atoms with Crippen molar-refractivity contribution in [1.29, 1.82) is 0 Å². The summed E-state index contributed by atoms with van der Waals surface area (Å²) < 4.78 is 5.52. The highest BCUT2D eigenvalue weighted by Gasteiger charge is 2.15. The molecule has 0 aliphatic carbocycles. The summed E-state index contributed by atoms with van der Waals surface area (Å²) in [5, 5.41) is 12.5. The predicted octanol–water partition coefficient (Wildman–Crippen LogP) is 2.13. The van der Waals surface area contributed by atoms with Gasteiger partial charge in [0.2, 0.25) is 0 Å². The summed E-state index contributed by atoms with van der Waals surface area (Å²) in [7, 11) is 0. The van der Waals surface area contributed by atoms with Crippen LogP contribution in [-0.2, 0) is 11.4 Å². The molecule has 0 spiro atoms. The van der Waals surface area contributed by atoms with Crippen LogP contribution in [0.1, 0.15) is 25.8 Å². The van der Waals surface area contributed by atoms with Crippen LogP contribution in [0.5, 0.6) is 5.75 Å². The molecule has 0 fully saturated rings. The summed E-state index contributed by atoms with van der Waals surface area (Å²) in [6, 6.07) is 4.93. The van der Waals surface area contributed by atoms with Crippen molar-refractivity contribution in [2.75, 3.05) is 6.54 Å². The lowest BCUT2D eigenvalue weighted by molar-refractivity contribution is -0.127. The molecule has 1 amide bonds. The SMILES string of the molecule is CCCNC(=O)C(C)Oc1ccc(Cl)cc1CO. The van der Waals surface area contributed by atoms with Crippen molar-refractivity contribution in [2.45, 2.75) is 33.0 Å². The highest BCUT2D eigenvalue weighted by atomic mass is 35.5. The van der Waals surface area contributed by atoms with Crippen molar-refractivity contribution in [3.63, 3.8) is 0 Å². The molecule has 0 radical (unpaired) electrons. The van der Waals surface area contributed by atoms with Gasteiger partial charge >= 0.3 is 0 Å². The molecule has 2 N–H and O–H groups in total. The summed E-state index contributed by atoms with van der Waals surface area (Å²) in [5.74, 6) is 0.303. The fourth-order valence-corrected chi connectivity index (χ4v) is 1.62. The van der Waals surface area contributed by atoms with Crippen molar-refractivity contribution in [1.82, 2.24) is 5.32 Å². The minimum atomic E-state index is -0.608. The van der Waals surface area contributed by atoms with Gasteiger partial charge in [0.05, 0.1) is 6.61 Å². The zero-order chi connectivity index (χ0) is 13.5. The zero-order valence-electron chi connectivity index (χ0n) is 10.6. The molecule has 4 nitrogen and oxygen atoms in total. The highest BCUT2D eigenvalue weighted by Crippen LogP contribution is 2.23. The van der Waals surface area contributed by atoms with Gasteiger partial charge in [-0.2, -0.15) is 0 Å². The third-order valence-electron chi connectivity index (χ3n) is 2.42.